The average molecular weight is 601 g/mol. The molecule has 0 bridgehead atoms. The molecule has 3 aromatic rings. The highest BCUT2D eigenvalue weighted by Gasteiger charge is 2.41. The number of anilines is 2. The molecule has 43 heavy (non-hydrogen) atoms. The first kappa shape index (κ1) is 31.5. The molecule has 11 nitrogen and oxygen atoms in total. The minimum absolute atomic E-state index is 0.00778. The fourth-order valence-electron chi connectivity index (χ4n) is 5.44. The molecule has 0 aliphatic carbocycles. The summed E-state index contributed by atoms with van der Waals surface area (Å²) in [6.07, 6.45) is -3.72. The Labute approximate surface area is 244 Å². The van der Waals surface area contributed by atoms with Crippen LogP contribution in [0.4, 0.5) is 24.8 Å². The zero-order chi connectivity index (χ0) is 31.5. The summed E-state index contributed by atoms with van der Waals surface area (Å²) in [6, 6.07) is 10.0. The molecular weight excluding hydrogens is 569 g/mol. The van der Waals surface area contributed by atoms with E-state index in [1.807, 2.05) is 0 Å². The van der Waals surface area contributed by atoms with E-state index in [0.717, 1.165) is 23.8 Å². The number of benzene rings is 2. The fraction of sp³-hybridized carbons (Fsp3) is 0.379. The van der Waals surface area contributed by atoms with Crippen molar-refractivity contribution in [2.45, 2.75) is 50.4 Å². The van der Waals surface area contributed by atoms with Gasteiger partial charge in [-0.3, -0.25) is 4.90 Å². The van der Waals surface area contributed by atoms with E-state index in [-0.39, 0.29) is 61.8 Å². The van der Waals surface area contributed by atoms with Crippen molar-refractivity contribution in [3.8, 4) is 6.07 Å². The lowest BCUT2D eigenvalue weighted by Crippen LogP contribution is -2.42. The number of aryl methyl sites for hydroxylation is 1. The number of allylic oxidation sites excluding steroid dienone is 1. The number of H-pyrrole nitrogens is 1. The minimum atomic E-state index is -4.65. The van der Waals surface area contributed by atoms with Gasteiger partial charge in [-0.1, -0.05) is 12.1 Å². The molecule has 0 unspecified atom stereocenters. The van der Waals surface area contributed by atoms with Crippen molar-refractivity contribution in [1.29, 1.82) is 5.26 Å². The van der Waals surface area contributed by atoms with Crippen molar-refractivity contribution < 1.29 is 32.9 Å². The topological polar surface area (TPSA) is 170 Å². The molecule has 1 aliphatic heterocycles. The van der Waals surface area contributed by atoms with Gasteiger partial charge in [-0.2, -0.15) is 18.4 Å². The summed E-state index contributed by atoms with van der Waals surface area (Å²) >= 11 is 0. The number of ether oxygens (including phenoxy) is 1. The van der Waals surface area contributed by atoms with Crippen molar-refractivity contribution in [2.75, 3.05) is 25.2 Å². The van der Waals surface area contributed by atoms with Crippen molar-refractivity contribution in [3.05, 3.63) is 86.5 Å². The van der Waals surface area contributed by atoms with E-state index in [0.29, 0.717) is 16.7 Å². The number of carbonyl (C=O) groups excluding carboxylic acids is 1. The fourth-order valence-corrected chi connectivity index (χ4v) is 5.44. The second-order valence-corrected chi connectivity index (χ2v) is 10.3. The van der Waals surface area contributed by atoms with Gasteiger partial charge in [-0.15, -0.1) is 5.10 Å². The third-order valence-corrected chi connectivity index (χ3v) is 7.66. The van der Waals surface area contributed by atoms with Crippen LogP contribution < -0.4 is 16.3 Å². The third-order valence-electron chi connectivity index (χ3n) is 7.66. The van der Waals surface area contributed by atoms with Crippen LogP contribution in [0.5, 0.6) is 0 Å². The standard InChI is InChI=1S/C29H31F3N6O5/c1-17-23(25(41)43-2)24(22-7-6-18(16-33)14-19(22)8-9-28(34,10-12-39)11-13-40)38-26(35-36-27(38)42)37(17)21-5-3-4-20(15-21)29(30,31)32/h3-7,14-15,24,39-40H,8-13,34H2,1-2H3,(H,36,42)/t24-/m1/s1. The predicted octanol–water partition coefficient (Wildman–Crippen LogP) is 3.04. The number of aliphatic hydroxyl groups excluding tert-OH is 2. The van der Waals surface area contributed by atoms with E-state index in [9.17, 15) is 38.2 Å². The molecule has 4 rings (SSSR count). The molecule has 0 fully saturated rings. The molecule has 1 aromatic heterocycles. The Kier molecular flexibility index (Phi) is 9.09. The predicted molar refractivity (Wildman–Crippen MR) is 149 cm³/mol. The van der Waals surface area contributed by atoms with Crippen LogP contribution in [0.15, 0.2) is 58.5 Å². The van der Waals surface area contributed by atoms with Crippen LogP contribution in [0.3, 0.4) is 0 Å². The molecule has 0 saturated carbocycles. The smallest absolute Gasteiger partial charge is 0.416 e. The number of aromatic amines is 1. The number of nitrogens with one attached hydrogen (secondary N) is 1. The molecule has 14 heteroatoms. The molecule has 1 aliphatic rings. The monoisotopic (exact) mass is 600 g/mol. The molecule has 0 radical (unpaired) electrons. The summed E-state index contributed by atoms with van der Waals surface area (Å²) in [5.74, 6) is -0.897. The van der Waals surface area contributed by atoms with E-state index in [4.69, 9.17) is 10.5 Å². The molecule has 228 valence electrons. The Bertz CT molecular complexity index is 1630. The van der Waals surface area contributed by atoms with E-state index >= 15 is 0 Å². The van der Waals surface area contributed by atoms with Crippen LogP contribution in [0.2, 0.25) is 0 Å². The van der Waals surface area contributed by atoms with Crippen LogP contribution in [0.25, 0.3) is 0 Å². The van der Waals surface area contributed by atoms with Gasteiger partial charge in [0.05, 0.1) is 29.9 Å². The number of halogens is 3. The molecular formula is C29H31F3N6O5. The highest BCUT2D eigenvalue weighted by Crippen LogP contribution is 2.44. The second-order valence-electron chi connectivity index (χ2n) is 10.3. The van der Waals surface area contributed by atoms with E-state index in [1.54, 1.807) is 12.1 Å². The Balaban J connectivity index is 1.94. The zero-order valence-electron chi connectivity index (χ0n) is 23.5. The van der Waals surface area contributed by atoms with Crippen molar-refractivity contribution in [1.82, 2.24) is 14.8 Å². The quantitative estimate of drug-likeness (QED) is 0.255. The van der Waals surface area contributed by atoms with Crippen LogP contribution in [-0.4, -0.2) is 56.8 Å². The summed E-state index contributed by atoms with van der Waals surface area (Å²) in [5, 5.41) is 35.1. The van der Waals surface area contributed by atoms with Crippen molar-refractivity contribution >= 4 is 17.6 Å². The number of hydrogen-bond acceptors (Lipinski definition) is 9. The lowest BCUT2D eigenvalue weighted by atomic mass is 9.83. The Hall–Kier alpha value is -4.45. The van der Waals surface area contributed by atoms with Gasteiger partial charge in [0.2, 0.25) is 5.95 Å². The number of aliphatic hydroxyl groups is 2. The van der Waals surface area contributed by atoms with Crippen LogP contribution in [0, 0.1) is 11.3 Å². The normalized spacial score (nSPS) is 15.3. The number of aromatic nitrogens is 3. The zero-order valence-corrected chi connectivity index (χ0v) is 23.5. The van der Waals surface area contributed by atoms with Crippen LogP contribution in [-0.2, 0) is 22.1 Å². The number of rotatable bonds is 10. The SMILES string of the molecule is COC(=O)C1=C(C)N(c2cccc(C(F)(F)F)c2)c2n[nH]c(=O)n2[C@@H]1c1ccc(C#N)cc1CCC(N)(CCO)CCO. The largest absolute Gasteiger partial charge is 0.466 e. The van der Waals surface area contributed by atoms with Gasteiger partial charge in [-0.25, -0.2) is 19.3 Å². The summed E-state index contributed by atoms with van der Waals surface area (Å²) < 4.78 is 47.0. The van der Waals surface area contributed by atoms with Gasteiger partial charge < -0.3 is 20.7 Å². The lowest BCUT2D eigenvalue weighted by Gasteiger charge is -2.36. The highest BCUT2D eigenvalue weighted by atomic mass is 19.4. The van der Waals surface area contributed by atoms with Gasteiger partial charge >= 0.3 is 17.8 Å². The van der Waals surface area contributed by atoms with E-state index in [2.05, 4.69) is 16.3 Å². The van der Waals surface area contributed by atoms with Crippen molar-refractivity contribution in [3.63, 3.8) is 0 Å². The van der Waals surface area contributed by atoms with Gasteiger partial charge in [0, 0.05) is 30.1 Å². The third kappa shape index (κ3) is 6.19. The number of fused-ring (bicyclic) bond motifs is 1. The van der Waals surface area contributed by atoms with E-state index in [1.165, 1.54) is 30.0 Å². The average Bonchev–Trinajstić information content (AvgIpc) is 3.35. The number of hydrogen-bond donors (Lipinski definition) is 4. The summed E-state index contributed by atoms with van der Waals surface area (Å²) in [4.78, 5) is 27.9. The van der Waals surface area contributed by atoms with Gasteiger partial charge in [-0.05, 0) is 74.1 Å². The highest BCUT2D eigenvalue weighted by molar-refractivity contribution is 5.93. The van der Waals surface area contributed by atoms with E-state index < -0.39 is 35.0 Å². The van der Waals surface area contributed by atoms with Gasteiger partial charge in [0.25, 0.3) is 0 Å². The lowest BCUT2D eigenvalue weighted by molar-refractivity contribution is -0.138. The van der Waals surface area contributed by atoms with Gasteiger partial charge in [0.1, 0.15) is 6.04 Å². The maximum absolute atomic E-state index is 13.6. The number of methoxy groups -OCH3 is 1. The van der Waals surface area contributed by atoms with Crippen molar-refractivity contribution in [2.24, 2.45) is 5.73 Å². The molecule has 2 heterocycles. The minimum Gasteiger partial charge on any atom is -0.466 e. The second kappa shape index (κ2) is 12.4. The molecule has 0 spiro atoms. The number of alkyl halides is 3. The number of nitriles is 1. The summed E-state index contributed by atoms with van der Waals surface area (Å²) in [7, 11) is 1.15. The Morgan fingerprint density at radius 2 is 1.86 bits per heavy atom. The van der Waals surface area contributed by atoms with Gasteiger partial charge in [0.15, 0.2) is 0 Å². The number of esters is 1. The first-order valence-corrected chi connectivity index (χ1v) is 13.4. The molecule has 5 N–H and O–H groups in total. The molecule has 0 saturated heterocycles. The van der Waals surface area contributed by atoms with Crippen LogP contribution in [0.1, 0.15) is 54.5 Å². The van der Waals surface area contributed by atoms with Crippen LogP contribution >= 0.6 is 0 Å². The number of carbonyl (C=O) groups is 1. The maximum atomic E-state index is 13.6. The Morgan fingerprint density at radius 1 is 1.16 bits per heavy atom. The molecule has 1 atom stereocenters. The number of nitrogens with zero attached hydrogens (tertiary/aromatic N) is 4. The maximum Gasteiger partial charge on any atom is 0.416 e. The first-order chi connectivity index (χ1) is 20.4. The summed E-state index contributed by atoms with van der Waals surface area (Å²) in [6.45, 7) is 1.09. The molecule has 2 aromatic carbocycles. The Morgan fingerprint density at radius 3 is 2.47 bits per heavy atom. The molecule has 0 amide bonds. The summed E-state index contributed by atoms with van der Waals surface area (Å²) in [5.41, 5.74) is 5.28. The first-order valence-electron chi connectivity index (χ1n) is 13.4. The number of nitrogens with two attached hydrogens (primary N) is 1.